The normalized spacial score (nSPS) is 21.3. The number of hydrogen-bond donors (Lipinski definition) is 1. The molecule has 120 valence electrons. The Kier molecular flexibility index (Phi) is 4.63. The van der Waals surface area contributed by atoms with E-state index in [4.69, 9.17) is 4.74 Å². The third-order valence-corrected chi connectivity index (χ3v) is 4.54. The summed E-state index contributed by atoms with van der Waals surface area (Å²) in [6, 6.07) is 11.6. The highest BCUT2D eigenvalue weighted by Crippen LogP contribution is 2.40. The van der Waals surface area contributed by atoms with Crippen LogP contribution in [0, 0.1) is 5.92 Å². The van der Waals surface area contributed by atoms with Crippen LogP contribution in [0.5, 0.6) is 5.75 Å². The Labute approximate surface area is 137 Å². The molecule has 0 aliphatic carbocycles. The van der Waals surface area contributed by atoms with Gasteiger partial charge in [-0.15, -0.1) is 0 Å². The number of phenolic OH excluding ortho intramolecular Hbond substituents is 1. The fourth-order valence-corrected chi connectivity index (χ4v) is 3.36. The molecule has 2 aromatic rings. The van der Waals surface area contributed by atoms with Crippen molar-refractivity contribution >= 4 is 0 Å². The molecule has 2 atom stereocenters. The maximum absolute atomic E-state index is 10.2. The van der Waals surface area contributed by atoms with Crippen molar-refractivity contribution in [3.05, 3.63) is 72.3 Å². The summed E-state index contributed by atoms with van der Waals surface area (Å²) in [5.41, 5.74) is 2.15. The number of nitrogens with zero attached hydrogens (tertiary/aromatic N) is 2. The molecular weight excluding hydrogens is 288 g/mol. The first kappa shape index (κ1) is 15.6. The summed E-state index contributed by atoms with van der Waals surface area (Å²) < 4.78 is 5.41. The number of benzene rings is 1. The summed E-state index contributed by atoms with van der Waals surface area (Å²) in [6.45, 7) is 6.62. The van der Waals surface area contributed by atoms with Gasteiger partial charge in [-0.2, -0.15) is 0 Å². The number of para-hydroxylation sites is 1. The SMILES string of the molecule is C=C(OC)[C@H]1CN(Cc2cccnc2)C[C@H]1c1ccccc1O. The Morgan fingerprint density at radius 1 is 1.30 bits per heavy atom. The van der Waals surface area contributed by atoms with E-state index in [-0.39, 0.29) is 11.8 Å². The number of likely N-dealkylation sites (tertiary alicyclic amines) is 1. The highest BCUT2D eigenvalue weighted by molar-refractivity contribution is 5.37. The second-order valence-electron chi connectivity index (χ2n) is 6.00. The smallest absolute Gasteiger partial charge is 0.119 e. The average Bonchev–Trinajstić information content (AvgIpc) is 2.99. The standard InChI is InChI=1S/C19H22N2O2/c1-14(23-2)17-12-21(11-15-6-5-9-20-10-15)13-18(17)16-7-3-4-8-19(16)22/h3-10,17-18,22H,1,11-13H2,2H3/t17-,18+/m1/s1. The Hall–Kier alpha value is -2.33. The molecule has 3 rings (SSSR count). The molecule has 0 spiro atoms. The Balaban J connectivity index is 1.82. The zero-order valence-corrected chi connectivity index (χ0v) is 13.4. The first-order valence-electron chi connectivity index (χ1n) is 7.81. The third-order valence-electron chi connectivity index (χ3n) is 4.54. The lowest BCUT2D eigenvalue weighted by atomic mass is 9.87. The van der Waals surface area contributed by atoms with Gasteiger partial charge >= 0.3 is 0 Å². The lowest BCUT2D eigenvalue weighted by Gasteiger charge is -2.20. The molecule has 4 heteroatoms. The molecule has 1 aromatic carbocycles. The van der Waals surface area contributed by atoms with Crippen LogP contribution in [0.2, 0.25) is 0 Å². The van der Waals surface area contributed by atoms with Crippen LogP contribution in [0.1, 0.15) is 17.0 Å². The van der Waals surface area contributed by atoms with Gasteiger partial charge in [-0.25, -0.2) is 0 Å². The summed E-state index contributed by atoms with van der Waals surface area (Å²) in [4.78, 5) is 6.54. The van der Waals surface area contributed by atoms with Crippen molar-refractivity contribution in [2.75, 3.05) is 20.2 Å². The van der Waals surface area contributed by atoms with E-state index in [1.54, 1.807) is 19.4 Å². The highest BCUT2D eigenvalue weighted by atomic mass is 16.5. The topological polar surface area (TPSA) is 45.6 Å². The predicted octanol–water partition coefficient (Wildman–Crippen LogP) is 3.16. The molecule has 0 unspecified atom stereocenters. The molecule has 1 aliphatic heterocycles. The van der Waals surface area contributed by atoms with Gasteiger partial charge in [0.1, 0.15) is 5.75 Å². The van der Waals surface area contributed by atoms with Crippen molar-refractivity contribution in [1.82, 2.24) is 9.88 Å². The van der Waals surface area contributed by atoms with Crippen molar-refractivity contribution < 1.29 is 9.84 Å². The monoisotopic (exact) mass is 310 g/mol. The summed E-state index contributed by atoms with van der Waals surface area (Å²) in [5, 5.41) is 10.2. The highest BCUT2D eigenvalue weighted by Gasteiger charge is 2.37. The van der Waals surface area contributed by atoms with E-state index in [1.165, 1.54) is 5.56 Å². The molecule has 1 N–H and O–H groups in total. The van der Waals surface area contributed by atoms with E-state index in [0.29, 0.717) is 5.75 Å². The number of pyridine rings is 1. The van der Waals surface area contributed by atoms with Crippen LogP contribution in [0.3, 0.4) is 0 Å². The molecular formula is C19H22N2O2. The van der Waals surface area contributed by atoms with Crippen molar-refractivity contribution in [2.45, 2.75) is 12.5 Å². The molecule has 0 radical (unpaired) electrons. The first-order valence-corrected chi connectivity index (χ1v) is 7.81. The van der Waals surface area contributed by atoms with Gasteiger partial charge in [0.05, 0.1) is 12.9 Å². The van der Waals surface area contributed by atoms with Crippen LogP contribution in [0.4, 0.5) is 0 Å². The lowest BCUT2D eigenvalue weighted by molar-refractivity contribution is 0.232. The minimum atomic E-state index is 0.171. The molecule has 0 amide bonds. The van der Waals surface area contributed by atoms with Crippen LogP contribution in [-0.4, -0.2) is 35.2 Å². The van der Waals surface area contributed by atoms with Crippen molar-refractivity contribution in [2.24, 2.45) is 5.92 Å². The molecule has 23 heavy (non-hydrogen) atoms. The second kappa shape index (κ2) is 6.84. The van der Waals surface area contributed by atoms with Crippen molar-refractivity contribution in [3.8, 4) is 5.75 Å². The molecule has 1 aromatic heterocycles. The first-order chi connectivity index (χ1) is 11.2. The summed E-state index contributed by atoms with van der Waals surface area (Å²) in [7, 11) is 1.66. The predicted molar refractivity (Wildman–Crippen MR) is 90.0 cm³/mol. The van der Waals surface area contributed by atoms with E-state index >= 15 is 0 Å². The maximum atomic E-state index is 10.2. The number of rotatable bonds is 5. The lowest BCUT2D eigenvalue weighted by Crippen LogP contribution is -2.20. The van der Waals surface area contributed by atoms with Crippen LogP contribution >= 0.6 is 0 Å². The van der Waals surface area contributed by atoms with Crippen molar-refractivity contribution in [1.29, 1.82) is 0 Å². The van der Waals surface area contributed by atoms with Gasteiger partial charge in [-0.1, -0.05) is 30.8 Å². The zero-order valence-electron chi connectivity index (χ0n) is 13.4. The number of aromatic nitrogens is 1. The molecule has 0 saturated carbocycles. The molecule has 2 heterocycles. The molecule has 4 nitrogen and oxygen atoms in total. The van der Waals surface area contributed by atoms with E-state index < -0.39 is 0 Å². The summed E-state index contributed by atoms with van der Waals surface area (Å²) >= 11 is 0. The summed E-state index contributed by atoms with van der Waals surface area (Å²) in [6.07, 6.45) is 3.68. The Bertz CT molecular complexity index is 672. The van der Waals surface area contributed by atoms with Gasteiger partial charge in [0.15, 0.2) is 0 Å². The number of ether oxygens (including phenoxy) is 1. The molecule has 0 bridgehead atoms. The van der Waals surface area contributed by atoms with Gasteiger partial charge in [-0.05, 0) is 23.3 Å². The molecule has 1 fully saturated rings. The summed E-state index contributed by atoms with van der Waals surface area (Å²) in [5.74, 6) is 1.46. The fourth-order valence-electron chi connectivity index (χ4n) is 3.36. The fraction of sp³-hybridized carbons (Fsp3) is 0.316. The van der Waals surface area contributed by atoms with Crippen LogP contribution in [0.25, 0.3) is 0 Å². The van der Waals surface area contributed by atoms with E-state index in [1.807, 2.05) is 30.5 Å². The van der Waals surface area contributed by atoms with E-state index in [0.717, 1.165) is 31.0 Å². The minimum absolute atomic E-state index is 0.171. The van der Waals surface area contributed by atoms with Gasteiger partial charge in [0.25, 0.3) is 0 Å². The van der Waals surface area contributed by atoms with Gasteiger partial charge in [-0.3, -0.25) is 9.88 Å². The van der Waals surface area contributed by atoms with Gasteiger partial charge < -0.3 is 9.84 Å². The van der Waals surface area contributed by atoms with E-state index in [2.05, 4.69) is 22.5 Å². The van der Waals surface area contributed by atoms with Gasteiger partial charge in [0, 0.05) is 43.9 Å². The third kappa shape index (κ3) is 3.37. The maximum Gasteiger partial charge on any atom is 0.119 e. The number of aromatic hydroxyl groups is 1. The number of hydrogen-bond acceptors (Lipinski definition) is 4. The zero-order chi connectivity index (χ0) is 16.2. The van der Waals surface area contributed by atoms with Gasteiger partial charge in [0.2, 0.25) is 0 Å². The second-order valence-corrected chi connectivity index (χ2v) is 6.00. The van der Waals surface area contributed by atoms with Crippen molar-refractivity contribution in [3.63, 3.8) is 0 Å². The molecule has 1 aliphatic rings. The minimum Gasteiger partial charge on any atom is -0.508 e. The van der Waals surface area contributed by atoms with Crippen LogP contribution < -0.4 is 0 Å². The number of methoxy groups -OCH3 is 1. The average molecular weight is 310 g/mol. The quantitative estimate of drug-likeness (QED) is 0.862. The van der Waals surface area contributed by atoms with Crippen LogP contribution in [-0.2, 0) is 11.3 Å². The Morgan fingerprint density at radius 3 is 2.83 bits per heavy atom. The largest absolute Gasteiger partial charge is 0.508 e. The van der Waals surface area contributed by atoms with Crippen LogP contribution in [0.15, 0.2) is 61.1 Å². The Morgan fingerprint density at radius 2 is 2.13 bits per heavy atom. The number of phenols is 1. The molecule has 1 saturated heterocycles. The van der Waals surface area contributed by atoms with E-state index in [9.17, 15) is 5.11 Å².